The molecule has 0 aromatic heterocycles. The maximum atomic E-state index is 12.5. The Morgan fingerprint density at radius 1 is 1.19 bits per heavy atom. The van der Waals surface area contributed by atoms with Crippen LogP contribution in [0.5, 0.6) is 0 Å². The maximum Gasteiger partial charge on any atom is 0.254 e. The van der Waals surface area contributed by atoms with E-state index in [9.17, 15) is 4.79 Å². The Labute approximate surface area is 133 Å². The van der Waals surface area contributed by atoms with E-state index in [1.165, 1.54) is 18.4 Å². The molecule has 2 aliphatic rings. The van der Waals surface area contributed by atoms with Gasteiger partial charge in [0.15, 0.2) is 0 Å². The highest BCUT2D eigenvalue weighted by Crippen LogP contribution is 2.27. The van der Waals surface area contributed by atoms with Crippen LogP contribution in [0.25, 0.3) is 0 Å². The lowest BCUT2D eigenvalue weighted by Gasteiger charge is -2.24. The van der Waals surface area contributed by atoms with Crippen LogP contribution >= 0.6 is 12.4 Å². The summed E-state index contributed by atoms with van der Waals surface area (Å²) in [6, 6.07) is 6.46. The number of nitrogens with one attached hydrogen (secondary N) is 1. The average Bonchev–Trinajstić information content (AvgIpc) is 3.01. The van der Waals surface area contributed by atoms with Crippen LogP contribution < -0.4 is 5.32 Å². The zero-order chi connectivity index (χ0) is 13.9. The Balaban J connectivity index is 0.00000161. The van der Waals surface area contributed by atoms with Crippen molar-refractivity contribution in [1.29, 1.82) is 0 Å². The summed E-state index contributed by atoms with van der Waals surface area (Å²) in [5.41, 5.74) is 3.43. The number of likely N-dealkylation sites (tertiary alicyclic amines) is 1. The molecule has 2 fully saturated rings. The summed E-state index contributed by atoms with van der Waals surface area (Å²) < 4.78 is 0. The molecule has 0 bridgehead atoms. The Morgan fingerprint density at radius 3 is 2.48 bits per heavy atom. The monoisotopic (exact) mass is 308 g/mol. The SMILES string of the molecule is Cc1cc(C2CCNCC2)ccc1C(=O)N1CCCC1.Cl. The second-order valence-corrected chi connectivity index (χ2v) is 6.10. The molecular weight excluding hydrogens is 284 g/mol. The van der Waals surface area contributed by atoms with Gasteiger partial charge >= 0.3 is 0 Å². The molecule has 1 amide bonds. The third-order valence-electron chi connectivity index (χ3n) is 4.68. The fraction of sp³-hybridized carbons (Fsp3) is 0.588. The van der Waals surface area contributed by atoms with Gasteiger partial charge in [-0.05, 0) is 68.8 Å². The van der Waals surface area contributed by atoms with Crippen LogP contribution in [0.3, 0.4) is 0 Å². The summed E-state index contributed by atoms with van der Waals surface area (Å²) in [5, 5.41) is 3.41. The van der Waals surface area contributed by atoms with Gasteiger partial charge in [0.1, 0.15) is 0 Å². The van der Waals surface area contributed by atoms with Gasteiger partial charge in [0.2, 0.25) is 0 Å². The van der Waals surface area contributed by atoms with Gasteiger partial charge in [-0.25, -0.2) is 0 Å². The number of carbonyl (C=O) groups excluding carboxylic acids is 1. The Morgan fingerprint density at radius 2 is 1.86 bits per heavy atom. The lowest BCUT2D eigenvalue weighted by Crippen LogP contribution is -2.28. The molecule has 2 aliphatic heterocycles. The lowest BCUT2D eigenvalue weighted by molar-refractivity contribution is 0.0792. The standard InChI is InChI=1S/C17H24N2O.ClH/c1-13-12-15(14-6-8-18-9-7-14)4-5-16(13)17(20)19-10-2-3-11-19;/h4-5,12,14,18H,2-3,6-11H2,1H3;1H. The van der Waals surface area contributed by atoms with Gasteiger partial charge in [0, 0.05) is 18.7 Å². The van der Waals surface area contributed by atoms with Gasteiger partial charge < -0.3 is 10.2 Å². The van der Waals surface area contributed by atoms with Gasteiger partial charge in [0.05, 0.1) is 0 Å². The second-order valence-electron chi connectivity index (χ2n) is 6.10. The molecule has 0 radical (unpaired) electrons. The smallest absolute Gasteiger partial charge is 0.254 e. The van der Waals surface area contributed by atoms with E-state index in [4.69, 9.17) is 0 Å². The molecule has 3 nitrogen and oxygen atoms in total. The van der Waals surface area contributed by atoms with Crippen molar-refractivity contribution in [2.45, 2.75) is 38.5 Å². The summed E-state index contributed by atoms with van der Waals surface area (Å²) in [4.78, 5) is 14.5. The molecule has 2 heterocycles. The fourth-order valence-corrected chi connectivity index (χ4v) is 3.43. The molecule has 0 spiro atoms. The highest BCUT2D eigenvalue weighted by atomic mass is 35.5. The lowest BCUT2D eigenvalue weighted by atomic mass is 9.88. The third-order valence-corrected chi connectivity index (χ3v) is 4.68. The number of nitrogens with zero attached hydrogens (tertiary/aromatic N) is 1. The van der Waals surface area contributed by atoms with Crippen molar-refractivity contribution < 1.29 is 4.79 Å². The fourth-order valence-electron chi connectivity index (χ4n) is 3.43. The van der Waals surface area contributed by atoms with Gasteiger partial charge in [0.25, 0.3) is 5.91 Å². The molecule has 2 saturated heterocycles. The number of hydrogen-bond acceptors (Lipinski definition) is 2. The van der Waals surface area contributed by atoms with E-state index < -0.39 is 0 Å². The number of halogens is 1. The first-order chi connectivity index (χ1) is 9.75. The third kappa shape index (κ3) is 3.58. The molecular formula is C17H25ClN2O. The highest BCUT2D eigenvalue weighted by Gasteiger charge is 2.22. The van der Waals surface area contributed by atoms with Crippen LogP contribution in [0.2, 0.25) is 0 Å². The molecule has 1 aromatic carbocycles. The van der Waals surface area contributed by atoms with Crippen LogP contribution in [0.1, 0.15) is 53.1 Å². The van der Waals surface area contributed by atoms with Gasteiger partial charge in [-0.1, -0.05) is 12.1 Å². The topological polar surface area (TPSA) is 32.3 Å². The molecule has 1 N–H and O–H groups in total. The average molecular weight is 309 g/mol. The molecule has 0 aliphatic carbocycles. The van der Waals surface area contributed by atoms with Gasteiger partial charge in [-0.3, -0.25) is 4.79 Å². The molecule has 116 valence electrons. The van der Waals surface area contributed by atoms with Crippen LogP contribution in [0.15, 0.2) is 18.2 Å². The summed E-state index contributed by atoms with van der Waals surface area (Å²) in [7, 11) is 0. The zero-order valence-corrected chi connectivity index (χ0v) is 13.5. The van der Waals surface area contributed by atoms with Gasteiger partial charge in [-0.15, -0.1) is 12.4 Å². The van der Waals surface area contributed by atoms with Crippen LogP contribution in [-0.2, 0) is 0 Å². The van der Waals surface area contributed by atoms with E-state index in [1.807, 2.05) is 11.0 Å². The number of amides is 1. The second kappa shape index (κ2) is 7.28. The van der Waals surface area contributed by atoms with Gasteiger partial charge in [-0.2, -0.15) is 0 Å². The summed E-state index contributed by atoms with van der Waals surface area (Å²) in [6.45, 7) is 6.15. The van der Waals surface area contributed by atoms with E-state index in [0.29, 0.717) is 5.92 Å². The summed E-state index contributed by atoms with van der Waals surface area (Å²) >= 11 is 0. The molecule has 3 rings (SSSR count). The number of rotatable bonds is 2. The Kier molecular flexibility index (Phi) is 5.65. The Bertz CT molecular complexity index is 492. The molecule has 0 saturated carbocycles. The molecule has 0 unspecified atom stereocenters. The van der Waals surface area contributed by atoms with Crippen molar-refractivity contribution in [3.63, 3.8) is 0 Å². The van der Waals surface area contributed by atoms with Crippen molar-refractivity contribution in [2.75, 3.05) is 26.2 Å². The van der Waals surface area contributed by atoms with E-state index in [2.05, 4.69) is 24.4 Å². The van der Waals surface area contributed by atoms with Crippen molar-refractivity contribution >= 4 is 18.3 Å². The predicted octanol–water partition coefficient (Wildman–Crippen LogP) is 3.12. The minimum atomic E-state index is 0. The largest absolute Gasteiger partial charge is 0.339 e. The summed E-state index contributed by atoms with van der Waals surface area (Å²) in [6.07, 6.45) is 4.72. The van der Waals surface area contributed by atoms with Crippen LogP contribution in [0.4, 0.5) is 0 Å². The first-order valence-electron chi connectivity index (χ1n) is 7.86. The van der Waals surface area contributed by atoms with Crippen LogP contribution in [0, 0.1) is 6.92 Å². The number of aryl methyl sites for hydroxylation is 1. The molecule has 4 heteroatoms. The number of carbonyl (C=O) groups is 1. The first-order valence-corrected chi connectivity index (χ1v) is 7.86. The van der Waals surface area contributed by atoms with E-state index in [0.717, 1.165) is 50.1 Å². The zero-order valence-electron chi connectivity index (χ0n) is 12.7. The van der Waals surface area contributed by atoms with E-state index >= 15 is 0 Å². The summed E-state index contributed by atoms with van der Waals surface area (Å²) in [5.74, 6) is 0.878. The predicted molar refractivity (Wildman–Crippen MR) is 88.4 cm³/mol. The Hall–Kier alpha value is -1.06. The molecule has 21 heavy (non-hydrogen) atoms. The minimum absolute atomic E-state index is 0. The van der Waals surface area contributed by atoms with E-state index in [1.54, 1.807) is 0 Å². The molecule has 1 aromatic rings. The highest BCUT2D eigenvalue weighted by molar-refractivity contribution is 5.95. The van der Waals surface area contributed by atoms with Crippen molar-refractivity contribution in [1.82, 2.24) is 10.2 Å². The number of piperidine rings is 1. The first kappa shape index (κ1) is 16.3. The minimum Gasteiger partial charge on any atom is -0.339 e. The van der Waals surface area contributed by atoms with E-state index in [-0.39, 0.29) is 18.3 Å². The molecule has 0 atom stereocenters. The van der Waals surface area contributed by atoms with Crippen LogP contribution in [-0.4, -0.2) is 37.0 Å². The maximum absolute atomic E-state index is 12.5. The van der Waals surface area contributed by atoms with Crippen molar-refractivity contribution in [2.24, 2.45) is 0 Å². The normalized spacial score (nSPS) is 19.4. The van der Waals surface area contributed by atoms with Crippen molar-refractivity contribution in [3.8, 4) is 0 Å². The number of hydrogen-bond donors (Lipinski definition) is 1. The quantitative estimate of drug-likeness (QED) is 0.910. The number of benzene rings is 1. The van der Waals surface area contributed by atoms with Crippen molar-refractivity contribution in [3.05, 3.63) is 34.9 Å².